The van der Waals surface area contributed by atoms with Gasteiger partial charge in [0.05, 0.1) is 6.61 Å². The Labute approximate surface area is 105 Å². The van der Waals surface area contributed by atoms with Crippen LogP contribution in [0.25, 0.3) is 0 Å². The molecule has 0 amide bonds. The summed E-state index contributed by atoms with van der Waals surface area (Å²) in [6, 6.07) is 1.66. The van der Waals surface area contributed by atoms with E-state index in [1.807, 2.05) is 6.92 Å². The van der Waals surface area contributed by atoms with Crippen molar-refractivity contribution in [1.29, 1.82) is 0 Å². The fourth-order valence-corrected chi connectivity index (χ4v) is 2.23. The molecule has 4 nitrogen and oxygen atoms in total. The number of carbonyl (C=O) groups excluding carboxylic acids is 1. The SMILES string of the molecule is Cc1sc(C(=O)OCCCCCCO)cc1N. The molecule has 0 atom stereocenters. The summed E-state index contributed by atoms with van der Waals surface area (Å²) >= 11 is 1.36. The van der Waals surface area contributed by atoms with E-state index < -0.39 is 0 Å². The number of unbranched alkanes of at least 4 members (excludes halogenated alkanes) is 3. The molecule has 1 aromatic heterocycles. The standard InChI is InChI=1S/C12H19NO3S/c1-9-10(13)8-11(17-9)12(15)16-7-5-3-2-4-6-14/h8,14H,2-7,13H2,1H3. The van der Waals surface area contributed by atoms with Gasteiger partial charge in [-0.1, -0.05) is 6.42 Å². The average Bonchev–Trinajstić information content (AvgIpc) is 2.64. The Morgan fingerprint density at radius 2 is 2.12 bits per heavy atom. The highest BCUT2D eigenvalue weighted by atomic mass is 32.1. The Hall–Kier alpha value is -1.07. The van der Waals surface area contributed by atoms with Crippen molar-refractivity contribution >= 4 is 23.0 Å². The van der Waals surface area contributed by atoms with E-state index >= 15 is 0 Å². The topological polar surface area (TPSA) is 72.5 Å². The van der Waals surface area contributed by atoms with Gasteiger partial charge in [-0.3, -0.25) is 0 Å². The number of ether oxygens (including phenoxy) is 1. The average molecular weight is 257 g/mol. The number of rotatable bonds is 7. The van der Waals surface area contributed by atoms with E-state index in [9.17, 15) is 4.79 Å². The molecule has 17 heavy (non-hydrogen) atoms. The molecule has 96 valence electrons. The highest BCUT2D eigenvalue weighted by Crippen LogP contribution is 2.23. The molecule has 0 saturated carbocycles. The van der Waals surface area contributed by atoms with Gasteiger partial charge in [0.2, 0.25) is 0 Å². The number of nitrogen functional groups attached to an aromatic ring is 1. The van der Waals surface area contributed by atoms with Crippen molar-refractivity contribution in [3.05, 3.63) is 15.8 Å². The first kappa shape index (κ1) is 14.0. The number of hydrogen-bond acceptors (Lipinski definition) is 5. The van der Waals surface area contributed by atoms with Crippen molar-refractivity contribution < 1.29 is 14.6 Å². The highest BCUT2D eigenvalue weighted by molar-refractivity contribution is 7.14. The monoisotopic (exact) mass is 257 g/mol. The van der Waals surface area contributed by atoms with Crippen molar-refractivity contribution in [3.63, 3.8) is 0 Å². The second kappa shape index (κ2) is 7.29. The second-order valence-electron chi connectivity index (χ2n) is 3.90. The summed E-state index contributed by atoms with van der Waals surface area (Å²) in [5.74, 6) is -0.294. The zero-order valence-corrected chi connectivity index (χ0v) is 10.9. The highest BCUT2D eigenvalue weighted by Gasteiger charge is 2.11. The minimum absolute atomic E-state index is 0.230. The van der Waals surface area contributed by atoms with Gasteiger partial charge in [0.25, 0.3) is 0 Å². The number of thiophene rings is 1. The van der Waals surface area contributed by atoms with Crippen LogP contribution in [0.5, 0.6) is 0 Å². The summed E-state index contributed by atoms with van der Waals surface area (Å²) in [7, 11) is 0. The van der Waals surface area contributed by atoms with Crippen LogP contribution in [0.4, 0.5) is 5.69 Å². The van der Waals surface area contributed by atoms with Crippen LogP contribution in [0.15, 0.2) is 6.07 Å². The van der Waals surface area contributed by atoms with Crippen molar-refractivity contribution in [2.45, 2.75) is 32.6 Å². The summed E-state index contributed by atoms with van der Waals surface area (Å²) in [6.45, 7) is 2.54. The third-order valence-corrected chi connectivity index (χ3v) is 3.49. The van der Waals surface area contributed by atoms with E-state index in [1.54, 1.807) is 6.07 Å². The molecule has 0 spiro atoms. The molecule has 0 aliphatic heterocycles. The summed E-state index contributed by atoms with van der Waals surface area (Å²) in [5, 5.41) is 8.59. The number of aryl methyl sites for hydroxylation is 1. The molecule has 0 unspecified atom stereocenters. The lowest BCUT2D eigenvalue weighted by Gasteiger charge is -2.02. The third-order valence-electron chi connectivity index (χ3n) is 2.44. The summed E-state index contributed by atoms with van der Waals surface area (Å²) in [6.07, 6.45) is 3.60. The fourth-order valence-electron chi connectivity index (χ4n) is 1.40. The predicted octanol–water partition coefficient (Wildman–Crippen LogP) is 2.35. The molecule has 1 rings (SSSR count). The third kappa shape index (κ3) is 4.75. The maximum absolute atomic E-state index is 11.6. The predicted molar refractivity (Wildman–Crippen MR) is 69.3 cm³/mol. The molecule has 1 aromatic rings. The molecule has 0 aliphatic rings. The molecule has 0 aliphatic carbocycles. The van der Waals surface area contributed by atoms with E-state index in [2.05, 4.69) is 0 Å². The van der Waals surface area contributed by atoms with Gasteiger partial charge in [0.1, 0.15) is 4.88 Å². The first-order valence-corrected chi connectivity index (χ1v) is 6.60. The molecular formula is C12H19NO3S. The van der Waals surface area contributed by atoms with Gasteiger partial charge < -0.3 is 15.6 Å². The summed E-state index contributed by atoms with van der Waals surface area (Å²) in [5.41, 5.74) is 6.31. The van der Waals surface area contributed by atoms with Crippen LogP contribution in [0.1, 0.15) is 40.2 Å². The zero-order valence-electron chi connectivity index (χ0n) is 10.1. The molecule has 3 N–H and O–H groups in total. The molecule has 0 aromatic carbocycles. The number of aliphatic hydroxyl groups is 1. The van der Waals surface area contributed by atoms with Crippen molar-refractivity contribution in [2.24, 2.45) is 0 Å². The summed E-state index contributed by atoms with van der Waals surface area (Å²) < 4.78 is 5.13. The van der Waals surface area contributed by atoms with Gasteiger partial charge in [-0.25, -0.2) is 4.79 Å². The lowest BCUT2D eigenvalue weighted by atomic mass is 10.2. The van der Waals surface area contributed by atoms with Crippen LogP contribution < -0.4 is 5.73 Å². The Morgan fingerprint density at radius 3 is 2.71 bits per heavy atom. The van der Waals surface area contributed by atoms with Gasteiger partial charge in [-0.2, -0.15) is 0 Å². The minimum Gasteiger partial charge on any atom is -0.462 e. The largest absolute Gasteiger partial charge is 0.462 e. The van der Waals surface area contributed by atoms with Crippen LogP contribution in [-0.2, 0) is 4.74 Å². The number of esters is 1. The van der Waals surface area contributed by atoms with E-state index in [-0.39, 0.29) is 12.6 Å². The smallest absolute Gasteiger partial charge is 0.348 e. The van der Waals surface area contributed by atoms with E-state index in [4.69, 9.17) is 15.6 Å². The van der Waals surface area contributed by atoms with Gasteiger partial charge in [-0.05, 0) is 32.3 Å². The molecular weight excluding hydrogens is 238 g/mol. The number of aliphatic hydroxyl groups excluding tert-OH is 1. The maximum Gasteiger partial charge on any atom is 0.348 e. The molecule has 0 radical (unpaired) electrons. The van der Waals surface area contributed by atoms with Crippen LogP contribution in [-0.4, -0.2) is 24.3 Å². The number of carbonyl (C=O) groups is 1. The molecule has 5 heteroatoms. The Bertz CT molecular complexity index is 343. The Kier molecular flexibility index (Phi) is 6.00. The first-order chi connectivity index (χ1) is 8.15. The Balaban J connectivity index is 2.21. The molecule has 1 heterocycles. The first-order valence-electron chi connectivity index (χ1n) is 5.79. The molecule has 0 saturated heterocycles. The molecule has 0 bridgehead atoms. The molecule has 0 fully saturated rings. The van der Waals surface area contributed by atoms with Gasteiger partial charge in [0, 0.05) is 17.2 Å². The van der Waals surface area contributed by atoms with Crippen LogP contribution in [0.2, 0.25) is 0 Å². The van der Waals surface area contributed by atoms with E-state index in [1.165, 1.54) is 11.3 Å². The second-order valence-corrected chi connectivity index (χ2v) is 5.15. The normalized spacial score (nSPS) is 10.5. The Morgan fingerprint density at radius 1 is 1.41 bits per heavy atom. The lowest BCUT2D eigenvalue weighted by Crippen LogP contribution is -2.04. The van der Waals surface area contributed by atoms with Crippen molar-refractivity contribution in [3.8, 4) is 0 Å². The van der Waals surface area contributed by atoms with Gasteiger partial charge >= 0.3 is 5.97 Å². The van der Waals surface area contributed by atoms with E-state index in [0.29, 0.717) is 17.2 Å². The minimum atomic E-state index is -0.294. The van der Waals surface area contributed by atoms with Crippen molar-refractivity contribution in [2.75, 3.05) is 18.9 Å². The number of nitrogens with two attached hydrogens (primary N) is 1. The van der Waals surface area contributed by atoms with Crippen molar-refractivity contribution in [1.82, 2.24) is 0 Å². The number of anilines is 1. The van der Waals surface area contributed by atoms with E-state index in [0.717, 1.165) is 30.6 Å². The lowest BCUT2D eigenvalue weighted by molar-refractivity contribution is 0.0503. The number of hydrogen-bond donors (Lipinski definition) is 2. The quantitative estimate of drug-likeness (QED) is 0.581. The summed E-state index contributed by atoms with van der Waals surface area (Å²) in [4.78, 5) is 13.1. The zero-order chi connectivity index (χ0) is 12.7. The fraction of sp³-hybridized carbons (Fsp3) is 0.583. The van der Waals surface area contributed by atoms with Crippen LogP contribution in [0, 0.1) is 6.92 Å². The van der Waals surface area contributed by atoms with Crippen LogP contribution >= 0.6 is 11.3 Å². The van der Waals surface area contributed by atoms with Gasteiger partial charge in [0.15, 0.2) is 0 Å². The maximum atomic E-state index is 11.6. The van der Waals surface area contributed by atoms with Crippen LogP contribution in [0.3, 0.4) is 0 Å². The van der Waals surface area contributed by atoms with Gasteiger partial charge in [-0.15, -0.1) is 11.3 Å².